The van der Waals surface area contributed by atoms with Gasteiger partial charge in [0.2, 0.25) is 0 Å². The van der Waals surface area contributed by atoms with Gasteiger partial charge in [0.15, 0.2) is 11.6 Å². The highest BCUT2D eigenvalue weighted by Crippen LogP contribution is 2.39. The third-order valence-electron chi connectivity index (χ3n) is 7.69. The lowest BCUT2D eigenvalue weighted by Gasteiger charge is -2.18. The molecule has 0 bridgehead atoms. The van der Waals surface area contributed by atoms with Crippen molar-refractivity contribution in [3.63, 3.8) is 0 Å². The van der Waals surface area contributed by atoms with Gasteiger partial charge in [-0.25, -0.2) is 4.39 Å². The zero-order valence-corrected chi connectivity index (χ0v) is 24.2. The summed E-state index contributed by atoms with van der Waals surface area (Å²) in [5.41, 5.74) is 7.84. The number of hydrogen-bond acceptors (Lipinski definition) is 4. The maximum absolute atomic E-state index is 16.0. The van der Waals surface area contributed by atoms with Crippen LogP contribution < -0.4 is 10.6 Å². The third-order valence-corrected chi connectivity index (χ3v) is 7.69. The van der Waals surface area contributed by atoms with Crippen molar-refractivity contribution in [2.75, 3.05) is 13.1 Å². The Bertz CT molecular complexity index is 1490. The molecule has 2 aromatic carbocycles. The second kappa shape index (κ2) is 12.5. The summed E-state index contributed by atoms with van der Waals surface area (Å²) in [6.45, 7) is 15.0. The van der Waals surface area contributed by atoms with Crippen molar-refractivity contribution >= 4 is 11.6 Å². The van der Waals surface area contributed by atoms with E-state index in [2.05, 4.69) is 30.2 Å². The molecule has 2 aliphatic carbocycles. The number of ketones is 2. The van der Waals surface area contributed by atoms with Crippen LogP contribution >= 0.6 is 0 Å². The van der Waals surface area contributed by atoms with Crippen LogP contribution in [0.4, 0.5) is 4.39 Å². The molecule has 0 fully saturated rings. The zero-order chi connectivity index (χ0) is 29.0. The van der Waals surface area contributed by atoms with E-state index in [9.17, 15) is 9.59 Å². The predicted octanol–water partition coefficient (Wildman–Crippen LogP) is 7.46. The number of aryl methyl sites for hydroxylation is 1. The van der Waals surface area contributed by atoms with Crippen molar-refractivity contribution in [2.24, 2.45) is 5.92 Å². The maximum atomic E-state index is 16.0. The minimum Gasteiger partial charge on any atom is -0.385 e. The number of allylic oxidation sites excluding steroid dienone is 7. The number of fused-ring (bicyclic) bond motifs is 3. The van der Waals surface area contributed by atoms with E-state index < -0.39 is 5.83 Å². The monoisotopic (exact) mass is 538 g/mol. The van der Waals surface area contributed by atoms with Gasteiger partial charge in [0.1, 0.15) is 5.83 Å². The summed E-state index contributed by atoms with van der Waals surface area (Å²) < 4.78 is 16.0. The number of rotatable bonds is 11. The molecule has 4 rings (SSSR count). The molecule has 0 amide bonds. The Hall–Kier alpha value is -3.99. The van der Waals surface area contributed by atoms with E-state index in [1.165, 1.54) is 6.08 Å². The van der Waals surface area contributed by atoms with Crippen molar-refractivity contribution in [1.29, 1.82) is 0 Å². The van der Waals surface area contributed by atoms with Crippen molar-refractivity contribution < 1.29 is 14.0 Å². The largest absolute Gasteiger partial charge is 0.385 e. The molecule has 208 valence electrons. The van der Waals surface area contributed by atoms with Crippen LogP contribution in [-0.2, 0) is 11.2 Å². The van der Waals surface area contributed by atoms with Gasteiger partial charge in [0.25, 0.3) is 0 Å². The van der Waals surface area contributed by atoms with Gasteiger partial charge < -0.3 is 10.6 Å². The molecule has 0 aromatic heterocycles. The van der Waals surface area contributed by atoms with E-state index in [0.717, 1.165) is 46.2 Å². The molecule has 1 unspecified atom stereocenters. The van der Waals surface area contributed by atoms with Gasteiger partial charge >= 0.3 is 0 Å². The number of carbonyl (C=O) groups excluding carboxylic acids is 2. The van der Waals surface area contributed by atoms with Gasteiger partial charge in [-0.2, -0.15) is 0 Å². The van der Waals surface area contributed by atoms with Gasteiger partial charge in [0, 0.05) is 47.0 Å². The van der Waals surface area contributed by atoms with Crippen LogP contribution in [0.1, 0.15) is 67.6 Å². The Morgan fingerprint density at radius 3 is 2.50 bits per heavy atom. The number of unbranched alkanes of at least 4 members (excludes halogenated alkanes) is 1. The van der Waals surface area contributed by atoms with Crippen molar-refractivity contribution in [3.8, 4) is 11.1 Å². The highest BCUT2D eigenvalue weighted by atomic mass is 19.1. The standard InChI is InChI=1S/C35H39FN2O2/c1-7-10-15-38-33-25(16-22(5)29(20-32(33)36)34(39)26(8-2)23(6)37-9-3)18-24-19-31-30(17-21(24)4)27-13-11-12-14-28(27)35(31)40/h8,11-14,16-17,19-20,22,37-38H,6-7,9-10,15,18H2,1-5H3/b26-8-. The van der Waals surface area contributed by atoms with Gasteiger partial charge in [-0.1, -0.05) is 69.3 Å². The van der Waals surface area contributed by atoms with Crippen LogP contribution in [0.15, 0.2) is 95.1 Å². The lowest BCUT2D eigenvalue weighted by Crippen LogP contribution is -2.20. The molecule has 1 atom stereocenters. The molecule has 4 nitrogen and oxygen atoms in total. The van der Waals surface area contributed by atoms with Crippen LogP contribution in [0.25, 0.3) is 11.1 Å². The van der Waals surface area contributed by atoms with Crippen LogP contribution in [-0.4, -0.2) is 24.7 Å². The topological polar surface area (TPSA) is 58.2 Å². The molecule has 0 spiro atoms. The smallest absolute Gasteiger partial charge is 0.194 e. The van der Waals surface area contributed by atoms with Crippen LogP contribution in [0.3, 0.4) is 0 Å². The molecule has 2 N–H and O–H groups in total. The number of halogens is 1. The van der Waals surface area contributed by atoms with Gasteiger partial charge in [-0.05, 0) is 73.6 Å². The Labute approximate surface area is 237 Å². The Morgan fingerprint density at radius 1 is 1.10 bits per heavy atom. The molecule has 0 saturated carbocycles. The Balaban J connectivity index is 1.74. The minimum atomic E-state index is -0.457. The highest BCUT2D eigenvalue weighted by molar-refractivity contribution is 6.21. The van der Waals surface area contributed by atoms with E-state index in [0.29, 0.717) is 47.6 Å². The highest BCUT2D eigenvalue weighted by Gasteiger charge is 2.29. The first-order valence-electron chi connectivity index (χ1n) is 14.2. The third kappa shape index (κ3) is 5.65. The lowest BCUT2D eigenvalue weighted by atomic mass is 9.89. The van der Waals surface area contributed by atoms with Gasteiger partial charge in [-0.15, -0.1) is 0 Å². The Kier molecular flexibility index (Phi) is 9.03. The molecule has 0 radical (unpaired) electrons. The van der Waals surface area contributed by atoms with Crippen LogP contribution in [0.2, 0.25) is 0 Å². The summed E-state index contributed by atoms with van der Waals surface area (Å²) in [7, 11) is 0. The zero-order valence-electron chi connectivity index (χ0n) is 24.2. The fourth-order valence-corrected chi connectivity index (χ4v) is 5.50. The second-order valence-electron chi connectivity index (χ2n) is 10.5. The first-order valence-corrected chi connectivity index (χ1v) is 14.2. The molecule has 0 heterocycles. The molecule has 0 saturated heterocycles. The minimum absolute atomic E-state index is 0.0208. The fourth-order valence-electron chi connectivity index (χ4n) is 5.50. The molecule has 5 heteroatoms. The number of nitrogens with one attached hydrogen (secondary N) is 2. The molecule has 2 aromatic rings. The first kappa shape index (κ1) is 29.0. The summed E-state index contributed by atoms with van der Waals surface area (Å²) in [6.07, 6.45) is 7.39. The average molecular weight is 539 g/mol. The van der Waals surface area contributed by atoms with Gasteiger partial charge in [-0.3, -0.25) is 9.59 Å². The average Bonchev–Trinajstić information content (AvgIpc) is 3.13. The van der Waals surface area contributed by atoms with Crippen LogP contribution in [0, 0.1) is 12.8 Å². The second-order valence-corrected chi connectivity index (χ2v) is 10.5. The number of benzene rings is 2. The van der Waals surface area contributed by atoms with Crippen molar-refractivity contribution in [2.45, 2.75) is 53.9 Å². The molecule has 0 aliphatic heterocycles. The molecule has 2 aliphatic rings. The Morgan fingerprint density at radius 2 is 1.82 bits per heavy atom. The quantitative estimate of drug-likeness (QED) is 0.151. The summed E-state index contributed by atoms with van der Waals surface area (Å²) in [6, 6.07) is 11.7. The lowest BCUT2D eigenvalue weighted by molar-refractivity contribution is -0.112. The van der Waals surface area contributed by atoms with Crippen molar-refractivity contribution in [3.05, 3.63) is 117 Å². The maximum Gasteiger partial charge on any atom is 0.194 e. The van der Waals surface area contributed by atoms with Gasteiger partial charge in [0.05, 0.1) is 5.70 Å². The van der Waals surface area contributed by atoms with E-state index >= 15 is 4.39 Å². The molecule has 40 heavy (non-hydrogen) atoms. The van der Waals surface area contributed by atoms with Crippen molar-refractivity contribution in [1.82, 2.24) is 10.6 Å². The van der Waals surface area contributed by atoms with E-state index in [4.69, 9.17) is 0 Å². The van der Waals surface area contributed by atoms with E-state index in [-0.39, 0.29) is 17.5 Å². The fraction of sp³-hybridized carbons (Fsp3) is 0.314. The number of carbonyl (C=O) groups is 2. The van der Waals surface area contributed by atoms with E-state index in [1.54, 1.807) is 13.0 Å². The predicted molar refractivity (Wildman–Crippen MR) is 162 cm³/mol. The number of Topliss-reactive ketones (excluding diaryl/α,β-unsaturated/α-hetero) is 1. The summed E-state index contributed by atoms with van der Waals surface area (Å²) in [5.74, 6) is -1.00. The SMILES string of the molecule is C=C(NCC)/C(=C/C)C(=O)C1=CC(F)=C(NCCCC)C(Cc2cc3c(cc2C)-c2ccccc2C3=O)=CC1C. The summed E-state index contributed by atoms with van der Waals surface area (Å²) in [4.78, 5) is 26.8. The molecular weight excluding hydrogens is 499 g/mol. The first-order chi connectivity index (χ1) is 19.2. The number of likely N-dealkylation sites (N-methyl/N-ethyl adjacent to an activating group) is 1. The molecular formula is C35H39FN2O2. The summed E-state index contributed by atoms with van der Waals surface area (Å²) in [5, 5.41) is 6.42. The van der Waals surface area contributed by atoms with E-state index in [1.807, 2.05) is 57.2 Å². The van der Waals surface area contributed by atoms with Crippen LogP contribution in [0.5, 0.6) is 0 Å². The number of hydrogen-bond donors (Lipinski definition) is 2. The normalized spacial score (nSPS) is 16.6. The summed E-state index contributed by atoms with van der Waals surface area (Å²) >= 11 is 0.